The van der Waals surface area contributed by atoms with Gasteiger partial charge in [0.2, 0.25) is 0 Å². The number of rotatable bonds is 11. The van der Waals surface area contributed by atoms with Crippen molar-refractivity contribution in [2.45, 2.75) is 101 Å². The molecule has 0 saturated heterocycles. The van der Waals surface area contributed by atoms with Gasteiger partial charge in [0, 0.05) is 60.9 Å². The molecule has 1 radical (unpaired) electrons. The van der Waals surface area contributed by atoms with Crippen LogP contribution in [0.2, 0.25) is 0 Å². The van der Waals surface area contributed by atoms with E-state index in [2.05, 4.69) is 114 Å². The summed E-state index contributed by atoms with van der Waals surface area (Å²) in [6.07, 6.45) is 6.78. The topological polar surface area (TPSA) is 63.3 Å². The Bertz CT molecular complexity index is 2210. The molecule has 0 aliphatic heterocycles. The van der Waals surface area contributed by atoms with Crippen LogP contribution >= 0.6 is 0 Å². The van der Waals surface area contributed by atoms with E-state index in [1.165, 1.54) is 50.4 Å². The molecule has 2 heterocycles. The van der Waals surface area contributed by atoms with Gasteiger partial charge in [0.05, 0.1) is 5.76 Å². The van der Waals surface area contributed by atoms with Gasteiger partial charge in [-0.25, -0.2) is 0 Å². The molecule has 0 fully saturated rings. The van der Waals surface area contributed by atoms with Crippen LogP contribution in [0.25, 0.3) is 55.4 Å². The van der Waals surface area contributed by atoms with Gasteiger partial charge in [0.1, 0.15) is 11.3 Å². The molecule has 6 aromatic rings. The molecule has 1 N–H and O–H groups in total. The number of allylic oxidation sites excluding steroid dienone is 2. The fourth-order valence-electron chi connectivity index (χ4n) is 7.65. The summed E-state index contributed by atoms with van der Waals surface area (Å²) in [5.74, 6) is 1.80. The van der Waals surface area contributed by atoms with Crippen molar-refractivity contribution in [3.8, 4) is 33.7 Å². The van der Waals surface area contributed by atoms with E-state index in [1.54, 1.807) is 0 Å². The largest absolute Gasteiger partial charge is 0.512 e. The fourth-order valence-corrected chi connectivity index (χ4v) is 7.65. The SMILES string of the molecule is CCC(CC)C(=O)/C=C(\O)C(CC)CC.Cc1cc(C)c2c(C(C)C)cc(-c3nccc4cc(-c5c(C)cc(-c6ccccc6)cc5C)oc34)[c-]c2c1.[Ir]. The molecule has 0 amide bonds. The normalized spacial score (nSPS) is 11.7. The number of aromatic nitrogens is 1. The van der Waals surface area contributed by atoms with E-state index in [0.29, 0.717) is 5.92 Å². The van der Waals surface area contributed by atoms with Crippen LogP contribution in [0.1, 0.15) is 101 Å². The number of furan rings is 1. The van der Waals surface area contributed by atoms with Gasteiger partial charge in [-0.05, 0) is 93.7 Å². The van der Waals surface area contributed by atoms with Gasteiger partial charge in [-0.15, -0.1) is 29.1 Å². The zero-order chi connectivity index (χ0) is 38.4. The predicted molar refractivity (Wildman–Crippen MR) is 224 cm³/mol. The number of aliphatic hydroxyl groups is 1. The Morgan fingerprint density at radius 2 is 1.43 bits per heavy atom. The van der Waals surface area contributed by atoms with E-state index in [4.69, 9.17) is 9.40 Å². The molecule has 2 aromatic heterocycles. The molecular weight excluding hydrogens is 843 g/mol. The van der Waals surface area contributed by atoms with Gasteiger partial charge >= 0.3 is 0 Å². The maximum Gasteiger partial charge on any atom is 0.162 e. The molecule has 285 valence electrons. The maximum absolute atomic E-state index is 11.7. The Balaban J connectivity index is 0.000000347. The molecule has 0 bridgehead atoms. The monoisotopic (exact) mass is 899 g/mol. The van der Waals surface area contributed by atoms with Crippen molar-refractivity contribution >= 4 is 27.5 Å². The first kappa shape index (κ1) is 42.4. The molecule has 0 aliphatic rings. The van der Waals surface area contributed by atoms with Gasteiger partial charge in [-0.2, -0.15) is 0 Å². The molecule has 5 heteroatoms. The number of pyridine rings is 1. The molecular formula is C49H56IrNO3-. The number of hydrogen-bond acceptors (Lipinski definition) is 4. The third-order valence-electron chi connectivity index (χ3n) is 10.6. The van der Waals surface area contributed by atoms with Crippen molar-refractivity contribution in [1.82, 2.24) is 4.98 Å². The molecule has 0 aliphatic carbocycles. The first-order valence-electron chi connectivity index (χ1n) is 19.4. The minimum Gasteiger partial charge on any atom is -0.512 e. The Kier molecular flexibility index (Phi) is 14.8. The first-order valence-corrected chi connectivity index (χ1v) is 19.4. The van der Waals surface area contributed by atoms with Crippen molar-refractivity contribution < 1.29 is 34.4 Å². The number of aliphatic hydroxyl groups excluding tert-OH is 1. The van der Waals surface area contributed by atoms with Gasteiger partial charge < -0.3 is 9.52 Å². The smallest absolute Gasteiger partial charge is 0.162 e. The minimum atomic E-state index is 0. The van der Waals surface area contributed by atoms with Crippen LogP contribution in [0.15, 0.2) is 95.2 Å². The third-order valence-corrected chi connectivity index (χ3v) is 10.6. The Morgan fingerprint density at radius 1 is 0.796 bits per heavy atom. The minimum absolute atomic E-state index is 0. The van der Waals surface area contributed by atoms with Gasteiger partial charge in [-0.1, -0.05) is 112 Å². The fraction of sp³-hybridized carbons (Fsp3) is 0.347. The van der Waals surface area contributed by atoms with Crippen LogP contribution in [0, 0.1) is 45.6 Å². The van der Waals surface area contributed by atoms with Crippen LogP contribution < -0.4 is 0 Å². The summed E-state index contributed by atoms with van der Waals surface area (Å²) in [4.78, 5) is 16.5. The van der Waals surface area contributed by atoms with Gasteiger partial charge in [0.25, 0.3) is 0 Å². The number of ketones is 1. The molecule has 0 spiro atoms. The van der Waals surface area contributed by atoms with Crippen LogP contribution in [0.4, 0.5) is 0 Å². The summed E-state index contributed by atoms with van der Waals surface area (Å²) in [5.41, 5.74) is 12.5. The first-order chi connectivity index (χ1) is 25.4. The summed E-state index contributed by atoms with van der Waals surface area (Å²) >= 11 is 0. The average Bonchev–Trinajstić information content (AvgIpc) is 3.56. The van der Waals surface area contributed by atoms with Crippen LogP contribution in [0.5, 0.6) is 0 Å². The zero-order valence-electron chi connectivity index (χ0n) is 33.7. The van der Waals surface area contributed by atoms with Crippen molar-refractivity contribution in [3.05, 3.63) is 125 Å². The average molecular weight is 899 g/mol. The van der Waals surface area contributed by atoms with Gasteiger partial charge in [0.15, 0.2) is 5.78 Å². The molecule has 6 rings (SSSR count). The second-order valence-electron chi connectivity index (χ2n) is 14.8. The van der Waals surface area contributed by atoms with Crippen molar-refractivity contribution in [2.75, 3.05) is 0 Å². The summed E-state index contributed by atoms with van der Waals surface area (Å²) in [5, 5.41) is 13.2. The number of hydrogen-bond donors (Lipinski definition) is 1. The Labute approximate surface area is 336 Å². The quantitative estimate of drug-likeness (QED) is 0.0799. The van der Waals surface area contributed by atoms with Crippen LogP contribution in [-0.4, -0.2) is 15.9 Å². The van der Waals surface area contributed by atoms with E-state index in [0.717, 1.165) is 64.6 Å². The van der Waals surface area contributed by atoms with Crippen molar-refractivity contribution in [3.63, 3.8) is 0 Å². The summed E-state index contributed by atoms with van der Waals surface area (Å²) < 4.78 is 6.62. The van der Waals surface area contributed by atoms with E-state index in [-0.39, 0.29) is 43.5 Å². The van der Waals surface area contributed by atoms with E-state index in [1.807, 2.05) is 40.0 Å². The zero-order valence-corrected chi connectivity index (χ0v) is 36.1. The molecule has 0 unspecified atom stereocenters. The third kappa shape index (κ3) is 9.31. The van der Waals surface area contributed by atoms with Gasteiger partial charge in [-0.3, -0.25) is 9.78 Å². The Morgan fingerprint density at radius 3 is 2.02 bits per heavy atom. The summed E-state index contributed by atoms with van der Waals surface area (Å²) in [6, 6.07) is 29.6. The summed E-state index contributed by atoms with van der Waals surface area (Å²) in [7, 11) is 0. The number of fused-ring (bicyclic) bond motifs is 2. The number of carbonyl (C=O) groups excluding carboxylic acids is 1. The Hall–Kier alpha value is -4.31. The second-order valence-corrected chi connectivity index (χ2v) is 14.8. The van der Waals surface area contributed by atoms with Crippen molar-refractivity contribution in [2.24, 2.45) is 11.8 Å². The van der Waals surface area contributed by atoms with E-state index >= 15 is 0 Å². The molecule has 4 aromatic carbocycles. The molecule has 0 atom stereocenters. The van der Waals surface area contributed by atoms with E-state index in [9.17, 15) is 9.90 Å². The maximum atomic E-state index is 11.7. The number of nitrogens with zero attached hydrogens (tertiary/aromatic N) is 1. The van der Waals surface area contributed by atoms with Crippen molar-refractivity contribution in [1.29, 1.82) is 0 Å². The number of benzene rings is 4. The number of aryl methyl sites for hydroxylation is 4. The standard InChI is InChI=1S/C36H32NO.C13H24O2.Ir/c1-21(2)31-19-30(18-29-15-22(3)14-23(4)34(29)31)35-36-27(12-13-37-35)20-32(38-36)33-24(5)16-28(17-25(33)6)26-10-8-7-9-11-26;1-5-10(6-2)12(14)9-13(15)11(7-3)8-4;/h7-17,19-21H,1-6H3;9-11,14H,5-8H2,1-4H3;/q-1;;/b;12-9-;. The second kappa shape index (κ2) is 18.8. The predicted octanol–water partition coefficient (Wildman–Crippen LogP) is 14.0. The van der Waals surface area contributed by atoms with Crippen LogP contribution in [-0.2, 0) is 24.9 Å². The number of carbonyl (C=O) groups is 1. The molecule has 54 heavy (non-hydrogen) atoms. The van der Waals surface area contributed by atoms with E-state index < -0.39 is 0 Å². The molecule has 4 nitrogen and oxygen atoms in total. The molecule has 0 saturated carbocycles. The van der Waals surface area contributed by atoms with Crippen LogP contribution in [0.3, 0.4) is 0 Å². The summed E-state index contributed by atoms with van der Waals surface area (Å²) in [6.45, 7) is 21.2.